The average molecular weight is 149 g/mol. The highest BCUT2D eigenvalue weighted by Gasteiger charge is 1.90. The van der Waals surface area contributed by atoms with Gasteiger partial charge in [0, 0.05) is 13.0 Å². The molecule has 3 nitrogen and oxygen atoms in total. The van der Waals surface area contributed by atoms with Crippen LogP contribution in [0.4, 0.5) is 0 Å². The fourth-order valence-electron chi connectivity index (χ4n) is 0.623. The van der Waals surface area contributed by atoms with Crippen LogP contribution >= 0.6 is 0 Å². The third kappa shape index (κ3) is 2.42. The van der Waals surface area contributed by atoms with Crippen LogP contribution in [0.2, 0.25) is 0 Å². The van der Waals surface area contributed by atoms with Crippen LogP contribution in [-0.2, 0) is 7.05 Å². The quantitative estimate of drug-likeness (QED) is 0.511. The Balaban J connectivity index is 2.74. The van der Waals surface area contributed by atoms with Crippen molar-refractivity contribution in [3.63, 3.8) is 0 Å². The number of hydrogen-bond donors (Lipinski definition) is 0. The molecule has 58 valence electrons. The molecule has 0 aromatic carbocycles. The minimum Gasteiger partial charge on any atom is -0.254 e. The molecule has 0 atom stereocenters. The molecule has 11 heavy (non-hydrogen) atoms. The minimum absolute atomic E-state index is 0.386. The van der Waals surface area contributed by atoms with E-state index in [1.165, 1.54) is 0 Å². The monoisotopic (exact) mass is 149 g/mol. The Morgan fingerprint density at radius 1 is 1.55 bits per heavy atom. The minimum atomic E-state index is 0.386. The standard InChI is InChI=1S/C8H11N3/c1-7(2)4-5-8-6-11(3)10-9-8/h6-7H,1-3H3. The Morgan fingerprint density at radius 2 is 2.27 bits per heavy atom. The van der Waals surface area contributed by atoms with Crippen LogP contribution in [0.3, 0.4) is 0 Å². The van der Waals surface area contributed by atoms with Gasteiger partial charge in [-0.2, -0.15) is 0 Å². The molecular weight excluding hydrogens is 138 g/mol. The lowest BCUT2D eigenvalue weighted by Crippen LogP contribution is -1.85. The van der Waals surface area contributed by atoms with Crippen molar-refractivity contribution < 1.29 is 0 Å². The predicted molar refractivity (Wildman–Crippen MR) is 42.7 cm³/mol. The summed E-state index contributed by atoms with van der Waals surface area (Å²) in [4.78, 5) is 0. The van der Waals surface area contributed by atoms with E-state index in [0.717, 1.165) is 5.69 Å². The molecule has 1 rings (SSSR count). The van der Waals surface area contributed by atoms with Crippen LogP contribution in [0.25, 0.3) is 0 Å². The van der Waals surface area contributed by atoms with E-state index in [0.29, 0.717) is 5.92 Å². The summed E-state index contributed by atoms with van der Waals surface area (Å²) in [6, 6.07) is 0. The largest absolute Gasteiger partial charge is 0.254 e. The molecule has 0 radical (unpaired) electrons. The van der Waals surface area contributed by atoms with Gasteiger partial charge in [0.1, 0.15) is 0 Å². The molecule has 0 saturated heterocycles. The molecule has 1 aromatic heterocycles. The van der Waals surface area contributed by atoms with Crippen LogP contribution in [-0.4, -0.2) is 15.0 Å². The van der Waals surface area contributed by atoms with E-state index < -0.39 is 0 Å². The number of hydrogen-bond acceptors (Lipinski definition) is 2. The third-order valence-corrected chi connectivity index (χ3v) is 1.09. The van der Waals surface area contributed by atoms with Gasteiger partial charge in [0.25, 0.3) is 0 Å². The molecule has 0 aliphatic heterocycles. The lowest BCUT2D eigenvalue weighted by atomic mass is 10.2. The summed E-state index contributed by atoms with van der Waals surface area (Å²) in [6.45, 7) is 4.09. The maximum absolute atomic E-state index is 3.83. The fraction of sp³-hybridized carbons (Fsp3) is 0.500. The van der Waals surface area contributed by atoms with Crippen molar-refractivity contribution in [3.8, 4) is 11.8 Å². The first kappa shape index (κ1) is 7.80. The van der Waals surface area contributed by atoms with Crippen molar-refractivity contribution in [1.82, 2.24) is 15.0 Å². The van der Waals surface area contributed by atoms with E-state index in [1.807, 2.05) is 20.9 Å². The molecule has 1 aromatic rings. The number of aryl methyl sites for hydroxylation is 1. The normalized spacial score (nSPS) is 9.45. The number of rotatable bonds is 0. The Hall–Kier alpha value is -1.30. The summed E-state index contributed by atoms with van der Waals surface area (Å²) in [7, 11) is 1.83. The molecule has 0 spiro atoms. The smallest absolute Gasteiger partial charge is 0.155 e. The Morgan fingerprint density at radius 3 is 2.73 bits per heavy atom. The highest BCUT2D eigenvalue weighted by molar-refractivity contribution is 5.24. The van der Waals surface area contributed by atoms with Crippen LogP contribution in [0.15, 0.2) is 6.20 Å². The van der Waals surface area contributed by atoms with Gasteiger partial charge in [-0.1, -0.05) is 25.0 Å². The maximum Gasteiger partial charge on any atom is 0.155 e. The summed E-state index contributed by atoms with van der Waals surface area (Å²) in [6.07, 6.45) is 1.80. The van der Waals surface area contributed by atoms with Crippen LogP contribution < -0.4 is 0 Å². The second-order valence-electron chi connectivity index (χ2n) is 2.70. The second-order valence-corrected chi connectivity index (χ2v) is 2.70. The van der Waals surface area contributed by atoms with E-state index in [-0.39, 0.29) is 0 Å². The summed E-state index contributed by atoms with van der Waals surface area (Å²) in [5.41, 5.74) is 0.737. The molecule has 0 aliphatic rings. The Labute approximate surface area is 66.4 Å². The number of aromatic nitrogens is 3. The van der Waals surface area contributed by atoms with Crippen molar-refractivity contribution in [1.29, 1.82) is 0 Å². The van der Waals surface area contributed by atoms with E-state index in [4.69, 9.17) is 0 Å². The van der Waals surface area contributed by atoms with Crippen molar-refractivity contribution >= 4 is 0 Å². The highest BCUT2D eigenvalue weighted by atomic mass is 15.4. The first-order valence-electron chi connectivity index (χ1n) is 3.56. The predicted octanol–water partition coefficient (Wildman–Crippen LogP) is 0.823. The van der Waals surface area contributed by atoms with Gasteiger partial charge in [-0.15, -0.1) is 5.10 Å². The van der Waals surface area contributed by atoms with Gasteiger partial charge in [0.05, 0.1) is 6.20 Å². The summed E-state index contributed by atoms with van der Waals surface area (Å²) < 4.78 is 1.64. The van der Waals surface area contributed by atoms with Gasteiger partial charge >= 0.3 is 0 Å². The Bertz CT molecular complexity index is 288. The molecule has 3 heteroatoms. The zero-order valence-electron chi connectivity index (χ0n) is 7.00. The molecule has 0 saturated carbocycles. The SMILES string of the molecule is CC(C)C#Cc1cn(C)nn1. The molecule has 1 heterocycles. The molecule has 0 aliphatic carbocycles. The zero-order chi connectivity index (χ0) is 8.27. The molecular formula is C8H11N3. The zero-order valence-corrected chi connectivity index (χ0v) is 7.00. The highest BCUT2D eigenvalue weighted by Crippen LogP contribution is 1.90. The summed E-state index contributed by atoms with van der Waals surface area (Å²) in [5, 5.41) is 7.59. The first-order valence-corrected chi connectivity index (χ1v) is 3.56. The van der Waals surface area contributed by atoms with Gasteiger partial charge < -0.3 is 0 Å². The van der Waals surface area contributed by atoms with Gasteiger partial charge in [0.15, 0.2) is 5.69 Å². The van der Waals surface area contributed by atoms with Crippen LogP contribution in [0, 0.1) is 17.8 Å². The first-order chi connectivity index (χ1) is 5.18. The summed E-state index contributed by atoms with van der Waals surface area (Å²) >= 11 is 0. The molecule has 0 amide bonds. The van der Waals surface area contributed by atoms with Crippen molar-refractivity contribution in [2.24, 2.45) is 13.0 Å². The third-order valence-electron chi connectivity index (χ3n) is 1.09. The van der Waals surface area contributed by atoms with Gasteiger partial charge in [-0.3, -0.25) is 4.68 Å². The van der Waals surface area contributed by atoms with Crippen molar-refractivity contribution in [2.45, 2.75) is 13.8 Å². The van der Waals surface area contributed by atoms with Gasteiger partial charge in [-0.25, -0.2) is 0 Å². The van der Waals surface area contributed by atoms with Crippen LogP contribution in [0.5, 0.6) is 0 Å². The lowest BCUT2D eigenvalue weighted by Gasteiger charge is -1.84. The average Bonchev–Trinajstić information content (AvgIpc) is 2.31. The summed E-state index contributed by atoms with van der Waals surface area (Å²) in [5.74, 6) is 6.32. The van der Waals surface area contributed by atoms with E-state index in [9.17, 15) is 0 Å². The number of nitrogens with zero attached hydrogens (tertiary/aromatic N) is 3. The van der Waals surface area contributed by atoms with E-state index in [1.54, 1.807) is 10.9 Å². The fourth-order valence-corrected chi connectivity index (χ4v) is 0.623. The maximum atomic E-state index is 3.83. The van der Waals surface area contributed by atoms with Crippen molar-refractivity contribution in [3.05, 3.63) is 11.9 Å². The molecule has 0 fully saturated rings. The molecule has 0 bridgehead atoms. The lowest BCUT2D eigenvalue weighted by molar-refractivity contribution is 0.714. The topological polar surface area (TPSA) is 30.7 Å². The van der Waals surface area contributed by atoms with E-state index >= 15 is 0 Å². The Kier molecular flexibility index (Phi) is 2.27. The second kappa shape index (κ2) is 3.20. The van der Waals surface area contributed by atoms with Crippen LogP contribution in [0.1, 0.15) is 19.5 Å². The van der Waals surface area contributed by atoms with E-state index in [2.05, 4.69) is 22.2 Å². The van der Waals surface area contributed by atoms with Gasteiger partial charge in [0.2, 0.25) is 0 Å². The van der Waals surface area contributed by atoms with Gasteiger partial charge in [-0.05, 0) is 5.92 Å². The molecule has 0 unspecified atom stereocenters. The molecule has 0 N–H and O–H groups in total. The van der Waals surface area contributed by atoms with Crippen molar-refractivity contribution in [2.75, 3.05) is 0 Å².